The summed E-state index contributed by atoms with van der Waals surface area (Å²) in [4.78, 5) is 8.34. The van der Waals surface area contributed by atoms with Crippen LogP contribution < -0.4 is 4.74 Å². The highest BCUT2D eigenvalue weighted by Gasteiger charge is 2.09. The van der Waals surface area contributed by atoms with E-state index in [1.165, 1.54) is 19.3 Å². The van der Waals surface area contributed by atoms with Gasteiger partial charge in [-0.25, -0.2) is 4.98 Å². The molecular weight excluding hydrogens is 264 g/mol. The molecule has 0 saturated carbocycles. The Hall–Kier alpha value is -0.870. The Labute approximate surface area is 120 Å². The third-order valence-corrected chi connectivity index (χ3v) is 3.19. The molecule has 0 fully saturated rings. The first-order chi connectivity index (χ1) is 9.19. The molecule has 0 N–H and O–H groups in total. The van der Waals surface area contributed by atoms with Gasteiger partial charge in [0.1, 0.15) is 11.8 Å². The maximum absolute atomic E-state index is 5.93. The van der Waals surface area contributed by atoms with Gasteiger partial charge in [0.25, 0.3) is 0 Å². The lowest BCUT2D eigenvalue weighted by Crippen LogP contribution is -2.12. The summed E-state index contributed by atoms with van der Waals surface area (Å²) in [6.07, 6.45) is 4.76. The van der Waals surface area contributed by atoms with E-state index in [-0.39, 0.29) is 0 Å². The number of nitrogens with zero attached hydrogens (tertiary/aromatic N) is 2. The molecule has 4 nitrogen and oxygen atoms in total. The molecule has 0 saturated heterocycles. The zero-order chi connectivity index (χ0) is 14.1. The van der Waals surface area contributed by atoms with Crippen LogP contribution >= 0.6 is 11.6 Å². The Kier molecular flexibility index (Phi) is 7.75. The van der Waals surface area contributed by atoms with Crippen LogP contribution in [-0.4, -0.2) is 23.7 Å². The molecule has 1 aromatic rings. The van der Waals surface area contributed by atoms with Crippen molar-refractivity contribution in [3.63, 3.8) is 0 Å². The molecule has 0 aromatic carbocycles. The van der Waals surface area contributed by atoms with Gasteiger partial charge in [-0.15, -0.1) is 0 Å². The van der Waals surface area contributed by atoms with Crippen molar-refractivity contribution >= 4 is 11.6 Å². The minimum absolute atomic E-state index is 0.337. The van der Waals surface area contributed by atoms with Crippen LogP contribution in [0.3, 0.4) is 0 Å². The number of hydrogen-bond acceptors (Lipinski definition) is 4. The molecule has 0 aliphatic rings. The van der Waals surface area contributed by atoms with E-state index in [1.807, 2.05) is 0 Å². The van der Waals surface area contributed by atoms with E-state index in [1.54, 1.807) is 13.2 Å². The van der Waals surface area contributed by atoms with Crippen molar-refractivity contribution in [3.05, 3.63) is 17.0 Å². The number of methoxy groups -OCH3 is 1. The lowest BCUT2D eigenvalue weighted by Gasteiger charge is -2.15. The monoisotopic (exact) mass is 286 g/mol. The highest BCUT2D eigenvalue weighted by atomic mass is 35.5. The Morgan fingerprint density at radius 1 is 1.32 bits per heavy atom. The predicted molar refractivity (Wildman–Crippen MR) is 76.6 cm³/mol. The maximum Gasteiger partial charge on any atom is 0.218 e. The minimum Gasteiger partial charge on any atom is -0.477 e. The normalized spacial score (nSPS) is 12.4. The fourth-order valence-electron chi connectivity index (χ4n) is 1.81. The zero-order valence-electron chi connectivity index (χ0n) is 12.0. The average molecular weight is 287 g/mol. The van der Waals surface area contributed by atoms with Crippen LogP contribution in [0.5, 0.6) is 5.88 Å². The summed E-state index contributed by atoms with van der Waals surface area (Å²) >= 11 is 5.93. The van der Waals surface area contributed by atoms with Gasteiger partial charge in [0.05, 0.1) is 6.61 Å². The molecule has 0 bridgehead atoms. The molecule has 1 atom stereocenters. The summed E-state index contributed by atoms with van der Waals surface area (Å²) in [5.41, 5.74) is 0. The quantitative estimate of drug-likeness (QED) is 0.646. The molecule has 0 aliphatic heterocycles. The first-order valence-electron chi connectivity index (χ1n) is 6.84. The van der Waals surface area contributed by atoms with E-state index in [4.69, 9.17) is 21.1 Å². The van der Waals surface area contributed by atoms with Crippen molar-refractivity contribution in [2.75, 3.05) is 13.7 Å². The Morgan fingerprint density at radius 2 is 2.11 bits per heavy atom. The summed E-state index contributed by atoms with van der Waals surface area (Å²) in [6.45, 7) is 5.40. The fraction of sp³-hybridized carbons (Fsp3) is 0.714. The second-order valence-corrected chi connectivity index (χ2v) is 4.99. The number of unbranched alkanes of at least 4 members (excludes halogenated alkanes) is 1. The highest BCUT2D eigenvalue weighted by molar-refractivity contribution is 6.29. The van der Waals surface area contributed by atoms with Crippen LogP contribution in [0.2, 0.25) is 5.15 Å². The summed E-state index contributed by atoms with van der Waals surface area (Å²) in [5.74, 6) is 1.65. The Morgan fingerprint density at radius 3 is 2.74 bits per heavy atom. The van der Waals surface area contributed by atoms with Crippen molar-refractivity contribution in [2.24, 2.45) is 5.92 Å². The molecule has 5 heteroatoms. The first kappa shape index (κ1) is 16.2. The van der Waals surface area contributed by atoms with Crippen molar-refractivity contribution in [2.45, 2.75) is 46.1 Å². The largest absolute Gasteiger partial charge is 0.477 e. The average Bonchev–Trinajstić information content (AvgIpc) is 2.39. The van der Waals surface area contributed by atoms with Crippen molar-refractivity contribution in [1.82, 2.24) is 9.97 Å². The van der Waals surface area contributed by atoms with Crippen LogP contribution in [0.4, 0.5) is 0 Å². The van der Waals surface area contributed by atoms with E-state index >= 15 is 0 Å². The lowest BCUT2D eigenvalue weighted by molar-refractivity contribution is 0.174. The van der Waals surface area contributed by atoms with Gasteiger partial charge in [-0.3, -0.25) is 0 Å². The van der Waals surface area contributed by atoms with Crippen LogP contribution in [0.15, 0.2) is 6.07 Å². The molecule has 1 rings (SSSR count). The summed E-state index contributed by atoms with van der Waals surface area (Å²) in [7, 11) is 1.60. The minimum atomic E-state index is 0.337. The highest BCUT2D eigenvalue weighted by Crippen LogP contribution is 2.18. The third kappa shape index (κ3) is 6.21. The Balaban J connectivity index is 2.55. The van der Waals surface area contributed by atoms with Crippen LogP contribution in [0.25, 0.3) is 0 Å². The molecule has 0 amide bonds. The summed E-state index contributed by atoms with van der Waals surface area (Å²) < 4.78 is 10.7. The molecule has 1 heterocycles. The molecule has 19 heavy (non-hydrogen) atoms. The number of aromatic nitrogens is 2. The second kappa shape index (κ2) is 9.10. The van der Waals surface area contributed by atoms with Gasteiger partial charge in [-0.05, 0) is 12.3 Å². The number of rotatable bonds is 9. The molecule has 1 unspecified atom stereocenters. The molecular formula is C14H23ClN2O2. The van der Waals surface area contributed by atoms with Gasteiger partial charge in [0.2, 0.25) is 5.88 Å². The van der Waals surface area contributed by atoms with E-state index in [9.17, 15) is 0 Å². The van der Waals surface area contributed by atoms with Crippen LogP contribution in [0.1, 0.15) is 45.4 Å². The summed E-state index contributed by atoms with van der Waals surface area (Å²) in [6, 6.07) is 1.65. The van der Waals surface area contributed by atoms with Gasteiger partial charge < -0.3 is 9.47 Å². The van der Waals surface area contributed by atoms with Gasteiger partial charge in [0.15, 0.2) is 5.82 Å². The fourth-order valence-corrected chi connectivity index (χ4v) is 2.00. The van der Waals surface area contributed by atoms with Gasteiger partial charge in [0, 0.05) is 13.2 Å². The van der Waals surface area contributed by atoms with E-state index in [0.717, 1.165) is 6.42 Å². The number of halogens is 1. The predicted octanol–water partition coefficient (Wildman–Crippen LogP) is 3.87. The van der Waals surface area contributed by atoms with Crippen LogP contribution in [-0.2, 0) is 11.3 Å². The van der Waals surface area contributed by atoms with E-state index < -0.39 is 0 Å². The van der Waals surface area contributed by atoms with E-state index in [0.29, 0.717) is 36.0 Å². The van der Waals surface area contributed by atoms with Gasteiger partial charge >= 0.3 is 0 Å². The molecule has 0 spiro atoms. The maximum atomic E-state index is 5.93. The standard InChI is InChI=1S/C14H23ClN2O2/c1-4-6-7-11(5-2)9-19-14-8-12(15)16-13(17-14)10-18-3/h8,11H,4-7,9-10H2,1-3H3. The second-order valence-electron chi connectivity index (χ2n) is 4.61. The smallest absolute Gasteiger partial charge is 0.218 e. The Bertz CT molecular complexity index is 374. The number of ether oxygens (including phenoxy) is 2. The van der Waals surface area contributed by atoms with Crippen LogP contribution in [0, 0.1) is 5.92 Å². The topological polar surface area (TPSA) is 44.2 Å². The third-order valence-electron chi connectivity index (χ3n) is 3.00. The first-order valence-corrected chi connectivity index (χ1v) is 7.22. The SMILES string of the molecule is CCCCC(CC)COc1cc(Cl)nc(COC)n1. The van der Waals surface area contributed by atoms with Crippen molar-refractivity contribution in [1.29, 1.82) is 0 Å². The van der Waals surface area contributed by atoms with Gasteiger partial charge in [-0.1, -0.05) is 44.7 Å². The zero-order valence-corrected chi connectivity index (χ0v) is 12.7. The summed E-state index contributed by atoms with van der Waals surface area (Å²) in [5, 5.41) is 0.388. The molecule has 0 radical (unpaired) electrons. The van der Waals surface area contributed by atoms with Crippen molar-refractivity contribution in [3.8, 4) is 5.88 Å². The molecule has 0 aliphatic carbocycles. The van der Waals surface area contributed by atoms with Gasteiger partial charge in [-0.2, -0.15) is 4.98 Å². The molecule has 1 aromatic heterocycles. The lowest BCUT2D eigenvalue weighted by atomic mass is 10.0. The van der Waals surface area contributed by atoms with E-state index in [2.05, 4.69) is 23.8 Å². The molecule has 108 valence electrons. The van der Waals surface area contributed by atoms with Crippen molar-refractivity contribution < 1.29 is 9.47 Å². The number of hydrogen-bond donors (Lipinski definition) is 0.